The molecule has 8 aromatic rings. The molecule has 0 aliphatic rings. The standard InChI is InChI=1S/C26H20NO.C22H22GeNO3.Ir/c1-17(2)19-14-15-27-23(16-19)21-11-6-12-22-25-20(18-8-4-3-5-9-18)10-7-13-24(25)28-26(21)22;1-15-12-21(24-14-20(15)23(2,3)4)17-10-11-18(22(25)27-26)19(13-17)16-8-6-5-7-9-16;/h3-10,12-17H,1-2H3;5-9,11-14,26H,1-4H3;/q2*-1;. The molecule has 5 aromatic carbocycles. The van der Waals surface area contributed by atoms with Gasteiger partial charge in [0.2, 0.25) is 0 Å². The minimum Gasteiger partial charge on any atom is 0 e. The van der Waals surface area contributed by atoms with Crippen molar-refractivity contribution in [2.75, 3.05) is 0 Å². The summed E-state index contributed by atoms with van der Waals surface area (Å²) < 4.78 is 7.71. The Morgan fingerprint density at radius 2 is 1.50 bits per heavy atom. The molecule has 3 aromatic heterocycles. The van der Waals surface area contributed by atoms with E-state index in [0.29, 0.717) is 11.5 Å². The molecular weight excluding hydrogens is 933 g/mol. The summed E-state index contributed by atoms with van der Waals surface area (Å²) in [6.45, 7) is 6.50. The summed E-state index contributed by atoms with van der Waals surface area (Å²) in [5, 5.41) is 11.1. The number of rotatable bonds is 7. The molecule has 1 radical (unpaired) electrons. The van der Waals surface area contributed by atoms with E-state index >= 15 is 0 Å². The average Bonchev–Trinajstić information content (AvgIpc) is 3.60. The maximum atomic E-state index is 12.0. The number of hydrogen-bond acceptors (Lipinski definition) is 6. The number of aryl methyl sites for hydroxylation is 1. The summed E-state index contributed by atoms with van der Waals surface area (Å²) in [6, 6.07) is 46.4. The van der Waals surface area contributed by atoms with Crippen molar-refractivity contribution < 1.29 is 39.5 Å². The molecule has 0 aliphatic heterocycles. The van der Waals surface area contributed by atoms with E-state index in [1.807, 2.05) is 73.1 Å². The van der Waals surface area contributed by atoms with E-state index in [-0.39, 0.29) is 25.7 Å². The number of aromatic nitrogens is 2. The topological polar surface area (TPSA) is 85.5 Å². The van der Waals surface area contributed by atoms with Gasteiger partial charge in [0, 0.05) is 31.7 Å². The van der Waals surface area contributed by atoms with Crippen molar-refractivity contribution in [2.45, 2.75) is 44.0 Å². The first-order valence-electron chi connectivity index (χ1n) is 18.4. The third-order valence-corrected chi connectivity index (χ3v) is 14.3. The van der Waals surface area contributed by atoms with Crippen LogP contribution in [0.4, 0.5) is 0 Å². The van der Waals surface area contributed by atoms with Gasteiger partial charge in [-0.1, -0.05) is 78.9 Å². The number of carbonyl (C=O) groups excluding carboxylic acids is 1. The van der Waals surface area contributed by atoms with Crippen molar-refractivity contribution in [3.05, 3.63) is 163 Å². The van der Waals surface area contributed by atoms with Gasteiger partial charge in [-0.05, 0) is 34.9 Å². The molecule has 0 bridgehead atoms. The second-order valence-corrected chi connectivity index (χ2v) is 25.5. The van der Waals surface area contributed by atoms with Crippen LogP contribution >= 0.6 is 0 Å². The van der Waals surface area contributed by atoms with Crippen LogP contribution in [-0.2, 0) is 25.0 Å². The van der Waals surface area contributed by atoms with Crippen LogP contribution in [-0.4, -0.2) is 34.5 Å². The Morgan fingerprint density at radius 3 is 2.14 bits per heavy atom. The maximum Gasteiger partial charge on any atom is 0 e. The number of pyridine rings is 2. The average molecular weight is 976 g/mol. The van der Waals surface area contributed by atoms with Crippen molar-refractivity contribution in [2.24, 2.45) is 0 Å². The molecule has 6 nitrogen and oxygen atoms in total. The monoisotopic (exact) mass is 977 g/mol. The minimum absolute atomic E-state index is 0. The van der Waals surface area contributed by atoms with Crippen LogP contribution in [0.5, 0.6) is 0 Å². The van der Waals surface area contributed by atoms with Crippen LogP contribution in [0, 0.1) is 19.1 Å². The molecule has 0 unspecified atom stereocenters. The molecule has 0 fully saturated rings. The summed E-state index contributed by atoms with van der Waals surface area (Å²) in [6.07, 6.45) is 3.85. The number of carbonyl (C=O) groups is 1. The van der Waals surface area contributed by atoms with Crippen molar-refractivity contribution >= 4 is 45.6 Å². The van der Waals surface area contributed by atoms with Gasteiger partial charge in [0.15, 0.2) is 0 Å². The fourth-order valence-corrected chi connectivity index (χ4v) is 10.6. The summed E-state index contributed by atoms with van der Waals surface area (Å²) in [5.74, 6) is 6.67. The third-order valence-electron chi connectivity index (χ3n) is 9.78. The zero-order valence-electron chi connectivity index (χ0n) is 32.2. The zero-order valence-corrected chi connectivity index (χ0v) is 36.7. The van der Waals surface area contributed by atoms with Crippen molar-refractivity contribution in [3.63, 3.8) is 0 Å². The normalized spacial score (nSPS) is 11.2. The van der Waals surface area contributed by atoms with E-state index in [9.17, 15) is 4.79 Å². The van der Waals surface area contributed by atoms with Crippen LogP contribution in [0.15, 0.2) is 138 Å². The molecule has 3 heterocycles. The van der Waals surface area contributed by atoms with Crippen LogP contribution in [0.2, 0.25) is 17.3 Å². The molecule has 283 valence electrons. The fourth-order valence-electron chi connectivity index (χ4n) is 6.98. The molecule has 0 saturated carbocycles. The van der Waals surface area contributed by atoms with E-state index in [1.165, 1.54) is 26.6 Å². The SMILES string of the molecule is CC(C)c1ccnc(-c2[c-]ccc3c2oc2cccc(-c4ccccc4)c23)c1.Cc1cc(-c2[c-]cc(C(=O)OO)c(-c3ccccc3)c2)nc[c]1[Ge]([CH3])([CH3])[CH3].[Ir]. The van der Waals surface area contributed by atoms with E-state index in [0.717, 1.165) is 50.0 Å². The van der Waals surface area contributed by atoms with Crippen LogP contribution in [0.3, 0.4) is 0 Å². The first-order valence-corrected chi connectivity index (χ1v) is 25.7. The van der Waals surface area contributed by atoms with Crippen LogP contribution in [0.1, 0.15) is 41.3 Å². The summed E-state index contributed by atoms with van der Waals surface area (Å²) >= 11 is -1.97. The van der Waals surface area contributed by atoms with Crippen LogP contribution in [0.25, 0.3) is 66.7 Å². The van der Waals surface area contributed by atoms with Gasteiger partial charge in [-0.25, -0.2) is 0 Å². The second kappa shape index (κ2) is 17.3. The van der Waals surface area contributed by atoms with Gasteiger partial charge in [-0.15, -0.1) is 18.2 Å². The van der Waals surface area contributed by atoms with Gasteiger partial charge in [0.1, 0.15) is 5.58 Å². The molecular formula is C48H42GeIrN2O4-2. The second-order valence-electron chi connectivity index (χ2n) is 14.9. The van der Waals surface area contributed by atoms with Gasteiger partial charge in [-0.3, -0.25) is 0 Å². The number of fused-ring (bicyclic) bond motifs is 3. The molecule has 56 heavy (non-hydrogen) atoms. The van der Waals surface area contributed by atoms with Gasteiger partial charge in [0.25, 0.3) is 0 Å². The summed E-state index contributed by atoms with van der Waals surface area (Å²) in [5.41, 5.74) is 11.8. The van der Waals surface area contributed by atoms with Gasteiger partial charge >= 0.3 is 162 Å². The van der Waals surface area contributed by atoms with Crippen molar-refractivity contribution in [1.82, 2.24) is 9.97 Å². The van der Waals surface area contributed by atoms with Crippen molar-refractivity contribution in [1.29, 1.82) is 0 Å². The van der Waals surface area contributed by atoms with Gasteiger partial charge < -0.3 is 9.40 Å². The molecule has 0 saturated heterocycles. The minimum atomic E-state index is -1.97. The van der Waals surface area contributed by atoms with E-state index < -0.39 is 19.2 Å². The van der Waals surface area contributed by atoms with E-state index in [2.05, 4.69) is 120 Å². The molecule has 0 aliphatic carbocycles. The molecule has 0 amide bonds. The third kappa shape index (κ3) is 8.47. The smallest absolute Gasteiger partial charge is 0 e. The molecule has 1 N–H and O–H groups in total. The zero-order chi connectivity index (χ0) is 38.7. The predicted octanol–water partition coefficient (Wildman–Crippen LogP) is 11.9. The Morgan fingerprint density at radius 1 is 0.804 bits per heavy atom. The Balaban J connectivity index is 0.000000187. The first-order chi connectivity index (χ1) is 26.5. The van der Waals surface area contributed by atoms with Gasteiger partial charge in [-0.2, -0.15) is 0 Å². The summed E-state index contributed by atoms with van der Waals surface area (Å²) in [7, 11) is 0. The predicted molar refractivity (Wildman–Crippen MR) is 225 cm³/mol. The molecule has 0 spiro atoms. The Bertz CT molecular complexity index is 2630. The molecule has 0 atom stereocenters. The Kier molecular flexibility index (Phi) is 12.5. The van der Waals surface area contributed by atoms with Crippen molar-refractivity contribution in [3.8, 4) is 44.8 Å². The Labute approximate surface area is 344 Å². The fraction of sp³-hybridized carbons (Fsp3) is 0.146. The Hall–Kier alpha value is -5.18. The maximum absolute atomic E-state index is 12.0. The molecule has 8 rings (SSSR count). The van der Waals surface area contributed by atoms with Gasteiger partial charge in [0.05, 0.1) is 5.58 Å². The molecule has 8 heteroatoms. The summed E-state index contributed by atoms with van der Waals surface area (Å²) in [4.78, 5) is 25.2. The number of furan rings is 1. The van der Waals surface area contributed by atoms with E-state index in [4.69, 9.17) is 9.67 Å². The first kappa shape index (κ1) is 40.5. The number of nitrogens with zero attached hydrogens (tertiary/aromatic N) is 2. The van der Waals surface area contributed by atoms with E-state index in [1.54, 1.807) is 6.07 Å². The number of hydrogen-bond donors (Lipinski definition) is 1. The van der Waals surface area contributed by atoms with Crippen LogP contribution < -0.4 is 4.40 Å². The number of benzene rings is 5. The largest absolute Gasteiger partial charge is 0 e. The quantitative estimate of drug-likeness (QED) is 0.0741.